The molecule has 0 saturated heterocycles. The lowest BCUT2D eigenvalue weighted by Gasteiger charge is -2.15. The maximum Gasteiger partial charge on any atom is 0.237 e. The number of amides is 1. The summed E-state index contributed by atoms with van der Waals surface area (Å²) in [5.74, 6) is 0.456. The number of aryl methyl sites for hydroxylation is 2. The van der Waals surface area contributed by atoms with Crippen molar-refractivity contribution in [2.75, 3.05) is 5.32 Å². The Morgan fingerprint density at radius 2 is 1.76 bits per heavy atom. The van der Waals surface area contributed by atoms with Crippen molar-refractivity contribution in [2.24, 2.45) is 0 Å². The van der Waals surface area contributed by atoms with E-state index in [1.807, 2.05) is 29.7 Å². The van der Waals surface area contributed by atoms with Crippen LogP contribution in [-0.2, 0) is 4.79 Å². The zero-order chi connectivity index (χ0) is 23.5. The van der Waals surface area contributed by atoms with Gasteiger partial charge in [0.2, 0.25) is 5.91 Å². The Bertz CT molecular complexity index is 1310. The van der Waals surface area contributed by atoms with E-state index in [0.717, 1.165) is 16.8 Å². The van der Waals surface area contributed by atoms with Crippen molar-refractivity contribution in [1.29, 1.82) is 0 Å². The first-order chi connectivity index (χ1) is 15.8. The standard InChI is InChI=1S/C24H21Cl2N5OS/c1-14-4-6-19(12-15(14)2)31-22(17-8-10-27-11-9-17)29-30-24(31)33-16(3)23(32)28-21-13-18(25)5-7-20(21)26/h4-13,16H,1-3H3,(H,28,32). The van der Waals surface area contributed by atoms with Gasteiger partial charge < -0.3 is 5.32 Å². The second-order valence-electron chi connectivity index (χ2n) is 7.52. The maximum atomic E-state index is 12.9. The molecule has 0 spiro atoms. The van der Waals surface area contributed by atoms with Gasteiger partial charge in [0.05, 0.1) is 21.6 Å². The molecule has 2 heterocycles. The van der Waals surface area contributed by atoms with Crippen LogP contribution in [0.2, 0.25) is 10.0 Å². The molecule has 0 fully saturated rings. The van der Waals surface area contributed by atoms with Gasteiger partial charge in [-0.1, -0.05) is 41.0 Å². The summed E-state index contributed by atoms with van der Waals surface area (Å²) >= 11 is 13.6. The summed E-state index contributed by atoms with van der Waals surface area (Å²) < 4.78 is 1.96. The van der Waals surface area contributed by atoms with Gasteiger partial charge in [0.25, 0.3) is 0 Å². The molecule has 0 radical (unpaired) electrons. The number of carbonyl (C=O) groups is 1. The molecule has 4 aromatic rings. The number of hydrogen-bond acceptors (Lipinski definition) is 5. The van der Waals surface area contributed by atoms with Gasteiger partial charge in [-0.15, -0.1) is 10.2 Å². The molecule has 0 saturated carbocycles. The molecular formula is C24H21Cl2N5OS. The summed E-state index contributed by atoms with van der Waals surface area (Å²) in [6.45, 7) is 5.94. The van der Waals surface area contributed by atoms with Crippen LogP contribution >= 0.6 is 35.0 Å². The van der Waals surface area contributed by atoms with Crippen molar-refractivity contribution in [3.63, 3.8) is 0 Å². The molecule has 1 unspecified atom stereocenters. The fraction of sp³-hybridized carbons (Fsp3) is 0.167. The number of aromatic nitrogens is 4. The zero-order valence-electron chi connectivity index (χ0n) is 18.2. The lowest BCUT2D eigenvalue weighted by molar-refractivity contribution is -0.115. The van der Waals surface area contributed by atoms with E-state index in [-0.39, 0.29) is 5.91 Å². The SMILES string of the molecule is Cc1ccc(-n2c(SC(C)C(=O)Nc3cc(Cl)ccc3Cl)nnc2-c2ccncc2)cc1C. The third-order valence-corrected chi connectivity index (χ3v) is 6.77. The number of rotatable bonds is 6. The van der Waals surface area contributed by atoms with Crippen molar-refractivity contribution in [3.8, 4) is 17.1 Å². The molecule has 168 valence electrons. The second-order valence-corrected chi connectivity index (χ2v) is 9.67. The molecule has 0 aliphatic carbocycles. The molecule has 9 heteroatoms. The van der Waals surface area contributed by atoms with E-state index in [1.54, 1.807) is 30.6 Å². The van der Waals surface area contributed by atoms with Crippen molar-refractivity contribution >= 4 is 46.6 Å². The smallest absolute Gasteiger partial charge is 0.237 e. The molecule has 1 amide bonds. The van der Waals surface area contributed by atoms with Gasteiger partial charge in [-0.05, 0) is 74.4 Å². The quantitative estimate of drug-likeness (QED) is 0.313. The molecule has 1 N–H and O–H groups in total. The average Bonchev–Trinajstić information content (AvgIpc) is 3.22. The van der Waals surface area contributed by atoms with Crippen LogP contribution in [0.3, 0.4) is 0 Å². The van der Waals surface area contributed by atoms with E-state index in [1.165, 1.54) is 17.3 Å². The molecule has 33 heavy (non-hydrogen) atoms. The third kappa shape index (κ3) is 5.21. The van der Waals surface area contributed by atoms with Crippen LogP contribution in [0.25, 0.3) is 17.1 Å². The van der Waals surface area contributed by atoms with Crippen LogP contribution in [0.5, 0.6) is 0 Å². The summed E-state index contributed by atoms with van der Waals surface area (Å²) in [5.41, 5.74) is 4.61. The molecule has 0 aliphatic heterocycles. The Morgan fingerprint density at radius 3 is 2.48 bits per heavy atom. The predicted molar refractivity (Wildman–Crippen MR) is 134 cm³/mol. The Morgan fingerprint density at radius 1 is 1.00 bits per heavy atom. The van der Waals surface area contributed by atoms with E-state index < -0.39 is 5.25 Å². The van der Waals surface area contributed by atoms with Gasteiger partial charge in [-0.25, -0.2) is 0 Å². The molecule has 0 aliphatic rings. The van der Waals surface area contributed by atoms with E-state index >= 15 is 0 Å². The highest BCUT2D eigenvalue weighted by Gasteiger charge is 2.22. The largest absolute Gasteiger partial charge is 0.324 e. The number of thioether (sulfide) groups is 1. The first-order valence-corrected chi connectivity index (χ1v) is 11.8. The molecule has 2 aromatic heterocycles. The van der Waals surface area contributed by atoms with Crippen LogP contribution in [0.1, 0.15) is 18.1 Å². The molecular weight excluding hydrogens is 477 g/mol. The lowest BCUT2D eigenvalue weighted by atomic mass is 10.1. The maximum absolute atomic E-state index is 12.9. The topological polar surface area (TPSA) is 72.7 Å². The van der Waals surface area contributed by atoms with Crippen LogP contribution in [0.15, 0.2) is 66.1 Å². The molecule has 2 aromatic carbocycles. The number of nitrogens with zero attached hydrogens (tertiary/aromatic N) is 4. The molecule has 1 atom stereocenters. The van der Waals surface area contributed by atoms with Crippen molar-refractivity contribution in [1.82, 2.24) is 19.7 Å². The van der Waals surface area contributed by atoms with Crippen LogP contribution in [0, 0.1) is 13.8 Å². The van der Waals surface area contributed by atoms with Gasteiger partial charge >= 0.3 is 0 Å². The normalized spacial score (nSPS) is 11.9. The van der Waals surface area contributed by atoms with E-state index in [4.69, 9.17) is 23.2 Å². The highest BCUT2D eigenvalue weighted by Crippen LogP contribution is 2.32. The number of benzene rings is 2. The third-order valence-electron chi connectivity index (χ3n) is 5.16. The summed E-state index contributed by atoms with van der Waals surface area (Å²) in [6, 6.07) is 14.9. The van der Waals surface area contributed by atoms with Gasteiger partial charge in [0.1, 0.15) is 0 Å². The highest BCUT2D eigenvalue weighted by atomic mass is 35.5. The predicted octanol–water partition coefficient (Wildman–Crippen LogP) is 6.37. The van der Waals surface area contributed by atoms with Gasteiger partial charge in [0, 0.05) is 23.0 Å². The highest BCUT2D eigenvalue weighted by molar-refractivity contribution is 8.00. The minimum Gasteiger partial charge on any atom is -0.324 e. The number of halogens is 2. The van der Waals surface area contributed by atoms with Crippen LogP contribution in [0.4, 0.5) is 5.69 Å². The van der Waals surface area contributed by atoms with Crippen molar-refractivity contribution < 1.29 is 4.79 Å². The monoisotopic (exact) mass is 497 g/mol. The summed E-state index contributed by atoms with van der Waals surface area (Å²) in [6.07, 6.45) is 3.43. The van der Waals surface area contributed by atoms with E-state index in [0.29, 0.717) is 26.7 Å². The van der Waals surface area contributed by atoms with Crippen molar-refractivity contribution in [2.45, 2.75) is 31.2 Å². The van der Waals surface area contributed by atoms with Gasteiger partial charge in [-0.3, -0.25) is 14.3 Å². The first kappa shape index (κ1) is 23.3. The van der Waals surface area contributed by atoms with Crippen LogP contribution < -0.4 is 5.32 Å². The lowest BCUT2D eigenvalue weighted by Crippen LogP contribution is -2.23. The minimum atomic E-state index is -0.472. The Labute approximate surface area is 206 Å². The summed E-state index contributed by atoms with van der Waals surface area (Å²) in [7, 11) is 0. The minimum absolute atomic E-state index is 0.218. The van der Waals surface area contributed by atoms with E-state index in [2.05, 4.69) is 46.5 Å². The number of hydrogen-bond donors (Lipinski definition) is 1. The fourth-order valence-electron chi connectivity index (χ4n) is 3.17. The Kier molecular flexibility index (Phi) is 7.02. The average molecular weight is 498 g/mol. The number of anilines is 1. The summed E-state index contributed by atoms with van der Waals surface area (Å²) in [5, 5.41) is 12.7. The fourth-order valence-corrected chi connectivity index (χ4v) is 4.38. The van der Waals surface area contributed by atoms with Crippen molar-refractivity contribution in [3.05, 3.63) is 82.1 Å². The zero-order valence-corrected chi connectivity index (χ0v) is 20.5. The van der Waals surface area contributed by atoms with Gasteiger partial charge in [-0.2, -0.15) is 0 Å². The number of pyridine rings is 1. The Balaban J connectivity index is 1.67. The van der Waals surface area contributed by atoms with Crippen LogP contribution in [-0.4, -0.2) is 30.9 Å². The first-order valence-electron chi connectivity index (χ1n) is 10.2. The van der Waals surface area contributed by atoms with E-state index in [9.17, 15) is 4.79 Å². The summed E-state index contributed by atoms with van der Waals surface area (Å²) in [4.78, 5) is 17.0. The molecule has 0 bridgehead atoms. The molecule has 6 nitrogen and oxygen atoms in total. The molecule has 4 rings (SSSR count). The number of nitrogens with one attached hydrogen (secondary N) is 1. The Hall–Kier alpha value is -2.87. The number of carbonyl (C=O) groups excluding carboxylic acids is 1. The second kappa shape index (κ2) is 9.95. The van der Waals surface area contributed by atoms with Gasteiger partial charge in [0.15, 0.2) is 11.0 Å².